The van der Waals surface area contributed by atoms with E-state index in [1.807, 2.05) is 19.1 Å². The standard InChI is InChI=1S/C23H31FN2O3/c1-16(21-9-10-22(28)23(24)25-21)12-26-13-18(19(14-26)15-27)7-3-5-17-6-4-8-20(11-17)29-2/h4,6,8-11,16,18-19,27-28H,3,5,7,12-15H2,1-2H3/t16?,18-,19-/m1/s1. The SMILES string of the molecule is COc1cccc(CCC[C@@H]2CN(CC(C)c3ccc(O)c(F)n3)C[C@@H]2CO)c1. The molecule has 5 nitrogen and oxygen atoms in total. The molecule has 0 radical (unpaired) electrons. The highest BCUT2D eigenvalue weighted by Crippen LogP contribution is 2.30. The van der Waals surface area contributed by atoms with Crippen LogP contribution in [0.4, 0.5) is 4.39 Å². The molecule has 6 heteroatoms. The van der Waals surface area contributed by atoms with E-state index in [9.17, 15) is 14.6 Å². The van der Waals surface area contributed by atoms with Gasteiger partial charge in [-0.2, -0.15) is 4.39 Å². The van der Waals surface area contributed by atoms with Crippen LogP contribution in [0, 0.1) is 17.8 Å². The number of ether oxygens (including phenoxy) is 1. The maximum atomic E-state index is 13.5. The predicted molar refractivity (Wildman–Crippen MR) is 111 cm³/mol. The number of aliphatic hydroxyl groups excluding tert-OH is 1. The first-order valence-electron chi connectivity index (χ1n) is 10.3. The van der Waals surface area contributed by atoms with Crippen molar-refractivity contribution in [2.75, 3.05) is 33.4 Å². The van der Waals surface area contributed by atoms with Gasteiger partial charge in [0.1, 0.15) is 5.75 Å². The minimum absolute atomic E-state index is 0.0555. The summed E-state index contributed by atoms with van der Waals surface area (Å²) in [7, 11) is 1.68. The molecule has 1 unspecified atom stereocenters. The summed E-state index contributed by atoms with van der Waals surface area (Å²) in [5.74, 6) is 0.438. The summed E-state index contributed by atoms with van der Waals surface area (Å²) in [5, 5.41) is 19.1. The molecule has 2 aromatic rings. The Bertz CT molecular complexity index is 801. The van der Waals surface area contributed by atoms with Crippen LogP contribution in [0.3, 0.4) is 0 Å². The molecule has 0 saturated carbocycles. The zero-order valence-electron chi connectivity index (χ0n) is 17.2. The molecule has 2 N–H and O–H groups in total. The molecule has 0 spiro atoms. The molecule has 1 aliphatic heterocycles. The Morgan fingerprint density at radius 1 is 1.24 bits per heavy atom. The van der Waals surface area contributed by atoms with Crippen LogP contribution in [0.2, 0.25) is 0 Å². The van der Waals surface area contributed by atoms with Crippen LogP contribution in [0.25, 0.3) is 0 Å². The van der Waals surface area contributed by atoms with Crippen LogP contribution in [-0.4, -0.2) is 53.4 Å². The highest BCUT2D eigenvalue weighted by atomic mass is 19.1. The Balaban J connectivity index is 1.51. The number of pyridine rings is 1. The molecule has 3 atom stereocenters. The summed E-state index contributed by atoms with van der Waals surface area (Å²) in [6.45, 7) is 4.77. The van der Waals surface area contributed by atoms with Gasteiger partial charge < -0.3 is 19.8 Å². The monoisotopic (exact) mass is 402 g/mol. The molecule has 2 heterocycles. The number of rotatable bonds is 9. The van der Waals surface area contributed by atoms with Crippen LogP contribution in [0.5, 0.6) is 11.5 Å². The quantitative estimate of drug-likeness (QED) is 0.628. The number of methoxy groups -OCH3 is 1. The van der Waals surface area contributed by atoms with Crippen molar-refractivity contribution in [3.05, 3.63) is 53.6 Å². The summed E-state index contributed by atoms with van der Waals surface area (Å²) in [6, 6.07) is 11.2. The van der Waals surface area contributed by atoms with Crippen molar-refractivity contribution in [2.24, 2.45) is 11.8 Å². The van der Waals surface area contributed by atoms with E-state index in [0.29, 0.717) is 11.6 Å². The van der Waals surface area contributed by atoms with Gasteiger partial charge in [-0.1, -0.05) is 19.1 Å². The third-order valence-electron chi connectivity index (χ3n) is 5.95. The van der Waals surface area contributed by atoms with Crippen molar-refractivity contribution < 1.29 is 19.3 Å². The van der Waals surface area contributed by atoms with Crippen molar-refractivity contribution in [1.29, 1.82) is 0 Å². The van der Waals surface area contributed by atoms with E-state index in [-0.39, 0.29) is 18.4 Å². The number of benzene rings is 1. The molecule has 0 bridgehead atoms. The van der Waals surface area contributed by atoms with E-state index < -0.39 is 11.7 Å². The summed E-state index contributed by atoms with van der Waals surface area (Å²) >= 11 is 0. The third-order valence-corrected chi connectivity index (χ3v) is 5.95. The molecule has 1 aromatic heterocycles. The van der Waals surface area contributed by atoms with Crippen LogP contribution in [-0.2, 0) is 6.42 Å². The second-order valence-corrected chi connectivity index (χ2v) is 8.11. The lowest BCUT2D eigenvalue weighted by Gasteiger charge is -2.20. The molecule has 1 saturated heterocycles. The minimum atomic E-state index is -0.820. The van der Waals surface area contributed by atoms with Crippen molar-refractivity contribution >= 4 is 0 Å². The summed E-state index contributed by atoms with van der Waals surface area (Å²) in [4.78, 5) is 6.21. The lowest BCUT2D eigenvalue weighted by molar-refractivity contribution is 0.195. The van der Waals surface area contributed by atoms with E-state index in [2.05, 4.69) is 22.0 Å². The van der Waals surface area contributed by atoms with Crippen molar-refractivity contribution in [2.45, 2.75) is 32.1 Å². The zero-order valence-corrected chi connectivity index (χ0v) is 17.2. The van der Waals surface area contributed by atoms with Crippen LogP contribution >= 0.6 is 0 Å². The van der Waals surface area contributed by atoms with Crippen molar-refractivity contribution in [3.63, 3.8) is 0 Å². The first kappa shape index (κ1) is 21.5. The minimum Gasteiger partial charge on any atom is -0.504 e. The van der Waals surface area contributed by atoms with E-state index >= 15 is 0 Å². The first-order valence-corrected chi connectivity index (χ1v) is 10.3. The number of hydrogen-bond acceptors (Lipinski definition) is 5. The van der Waals surface area contributed by atoms with Gasteiger partial charge in [-0.05, 0) is 60.9 Å². The Kier molecular flexibility index (Phi) is 7.45. The number of aromatic hydroxyl groups is 1. The maximum absolute atomic E-state index is 13.5. The highest BCUT2D eigenvalue weighted by molar-refractivity contribution is 5.28. The number of halogens is 1. The number of nitrogens with zero attached hydrogens (tertiary/aromatic N) is 2. The fourth-order valence-corrected chi connectivity index (χ4v) is 4.31. The van der Waals surface area contributed by atoms with Gasteiger partial charge in [-0.15, -0.1) is 0 Å². The van der Waals surface area contributed by atoms with Gasteiger partial charge in [0.2, 0.25) is 0 Å². The molecule has 29 heavy (non-hydrogen) atoms. The van der Waals surface area contributed by atoms with E-state index in [1.165, 1.54) is 11.6 Å². The fraction of sp³-hybridized carbons (Fsp3) is 0.522. The van der Waals surface area contributed by atoms with Gasteiger partial charge in [0.25, 0.3) is 5.95 Å². The van der Waals surface area contributed by atoms with Gasteiger partial charge in [-0.3, -0.25) is 0 Å². The smallest absolute Gasteiger partial charge is 0.255 e. The second kappa shape index (κ2) is 10.0. The topological polar surface area (TPSA) is 65.8 Å². The molecule has 0 amide bonds. The molecule has 1 aromatic carbocycles. The molecule has 0 aliphatic carbocycles. The first-order chi connectivity index (χ1) is 14.0. The molecular weight excluding hydrogens is 371 g/mol. The average Bonchev–Trinajstić information content (AvgIpc) is 3.11. The van der Waals surface area contributed by atoms with Gasteiger partial charge >= 0.3 is 0 Å². The Morgan fingerprint density at radius 3 is 2.76 bits per heavy atom. The van der Waals surface area contributed by atoms with E-state index in [1.54, 1.807) is 13.2 Å². The van der Waals surface area contributed by atoms with Crippen LogP contribution in [0.15, 0.2) is 36.4 Å². The van der Waals surface area contributed by atoms with E-state index in [4.69, 9.17) is 4.74 Å². The maximum Gasteiger partial charge on any atom is 0.255 e. The van der Waals surface area contributed by atoms with Gasteiger partial charge in [0.15, 0.2) is 5.75 Å². The molecule has 1 aliphatic rings. The summed E-state index contributed by atoms with van der Waals surface area (Å²) in [6.07, 6.45) is 3.14. The lowest BCUT2D eigenvalue weighted by Crippen LogP contribution is -2.26. The lowest BCUT2D eigenvalue weighted by atomic mass is 9.91. The zero-order chi connectivity index (χ0) is 20.8. The second-order valence-electron chi connectivity index (χ2n) is 8.11. The Morgan fingerprint density at radius 2 is 2.03 bits per heavy atom. The average molecular weight is 403 g/mol. The number of aromatic nitrogens is 1. The predicted octanol–water partition coefficient (Wildman–Crippen LogP) is 3.60. The highest BCUT2D eigenvalue weighted by Gasteiger charge is 2.32. The Labute approximate surface area is 172 Å². The number of aryl methyl sites for hydroxylation is 1. The van der Waals surface area contributed by atoms with Crippen LogP contribution < -0.4 is 4.74 Å². The summed E-state index contributed by atoms with van der Waals surface area (Å²) in [5.41, 5.74) is 1.91. The number of likely N-dealkylation sites (tertiary alicyclic amines) is 1. The van der Waals surface area contributed by atoms with Gasteiger partial charge in [0, 0.05) is 37.9 Å². The van der Waals surface area contributed by atoms with Gasteiger partial charge in [-0.25, -0.2) is 4.98 Å². The fourth-order valence-electron chi connectivity index (χ4n) is 4.31. The Hall–Kier alpha value is -2.18. The third kappa shape index (κ3) is 5.67. The molecular formula is C23H31FN2O3. The van der Waals surface area contributed by atoms with E-state index in [0.717, 1.165) is 44.6 Å². The number of aliphatic hydroxyl groups is 1. The normalized spacial score (nSPS) is 20.7. The molecule has 1 fully saturated rings. The van der Waals surface area contributed by atoms with Crippen molar-refractivity contribution in [3.8, 4) is 11.5 Å². The summed E-state index contributed by atoms with van der Waals surface area (Å²) < 4.78 is 18.8. The number of hydrogen-bond donors (Lipinski definition) is 2. The molecule has 158 valence electrons. The van der Waals surface area contributed by atoms with Crippen LogP contribution in [0.1, 0.15) is 36.9 Å². The van der Waals surface area contributed by atoms with Gasteiger partial charge in [0.05, 0.1) is 7.11 Å². The largest absolute Gasteiger partial charge is 0.504 e. The van der Waals surface area contributed by atoms with Crippen molar-refractivity contribution in [1.82, 2.24) is 9.88 Å². The molecule has 3 rings (SSSR count).